The second kappa shape index (κ2) is 8.37. The molecule has 8 heteroatoms. The van der Waals surface area contributed by atoms with Gasteiger partial charge in [-0.25, -0.2) is 4.39 Å². The molecule has 1 aliphatic rings. The molecule has 5 nitrogen and oxygen atoms in total. The van der Waals surface area contributed by atoms with Gasteiger partial charge in [0.2, 0.25) is 5.91 Å². The van der Waals surface area contributed by atoms with Crippen LogP contribution < -0.4 is 10.1 Å². The maximum absolute atomic E-state index is 12.9. The van der Waals surface area contributed by atoms with E-state index in [1.807, 2.05) is 0 Å². The summed E-state index contributed by atoms with van der Waals surface area (Å²) < 4.78 is 18.6. The Hall–Kier alpha value is -2.64. The van der Waals surface area contributed by atoms with Crippen molar-refractivity contribution in [1.29, 1.82) is 0 Å². The van der Waals surface area contributed by atoms with Crippen molar-refractivity contribution in [2.75, 3.05) is 0 Å². The van der Waals surface area contributed by atoms with Crippen LogP contribution >= 0.6 is 23.4 Å². The quantitative estimate of drug-likeness (QED) is 0.777. The second-order valence-electron chi connectivity index (χ2n) is 5.62. The Morgan fingerprint density at radius 3 is 2.70 bits per heavy atom. The van der Waals surface area contributed by atoms with Crippen molar-refractivity contribution in [3.63, 3.8) is 0 Å². The topological polar surface area (TPSA) is 67.8 Å². The molecule has 3 rings (SSSR count). The Morgan fingerprint density at radius 1 is 1.30 bits per heavy atom. The Morgan fingerprint density at radius 2 is 2.04 bits per heavy atom. The van der Waals surface area contributed by atoms with E-state index in [4.69, 9.17) is 16.3 Å². The Bertz CT molecular complexity index is 958. The fourth-order valence-corrected chi connectivity index (χ4v) is 3.33. The van der Waals surface area contributed by atoms with E-state index in [1.165, 1.54) is 19.1 Å². The van der Waals surface area contributed by atoms with Crippen molar-refractivity contribution in [2.45, 2.75) is 13.5 Å². The minimum absolute atomic E-state index is 0.253. The van der Waals surface area contributed by atoms with E-state index < -0.39 is 5.91 Å². The van der Waals surface area contributed by atoms with Gasteiger partial charge in [0.05, 0.1) is 9.93 Å². The molecular weight excluding hydrogens is 391 g/mol. The van der Waals surface area contributed by atoms with Crippen molar-refractivity contribution in [1.82, 2.24) is 5.32 Å². The van der Waals surface area contributed by atoms with Crippen LogP contribution in [0.5, 0.6) is 5.75 Å². The third kappa shape index (κ3) is 5.18. The molecule has 0 radical (unpaired) electrons. The SMILES string of the molecule is CC(=O)NC1=NC(=O)/C(=C\c2ccc(OCc3ccc(F)cc3)c(Cl)c2)S1. The highest BCUT2D eigenvalue weighted by Crippen LogP contribution is 2.31. The fourth-order valence-electron chi connectivity index (χ4n) is 2.23. The molecule has 2 aromatic carbocycles. The number of rotatable bonds is 4. The first kappa shape index (κ1) is 19.1. The molecule has 0 atom stereocenters. The van der Waals surface area contributed by atoms with Crippen LogP contribution in [0.1, 0.15) is 18.1 Å². The summed E-state index contributed by atoms with van der Waals surface area (Å²) in [4.78, 5) is 27.1. The van der Waals surface area contributed by atoms with Gasteiger partial charge in [0.25, 0.3) is 5.91 Å². The molecule has 27 heavy (non-hydrogen) atoms. The van der Waals surface area contributed by atoms with Crippen LogP contribution in [0.2, 0.25) is 5.02 Å². The predicted molar refractivity (Wildman–Crippen MR) is 104 cm³/mol. The number of carbonyl (C=O) groups excluding carboxylic acids is 2. The minimum Gasteiger partial charge on any atom is -0.487 e. The molecule has 1 N–H and O–H groups in total. The van der Waals surface area contributed by atoms with Gasteiger partial charge < -0.3 is 10.1 Å². The van der Waals surface area contributed by atoms with Gasteiger partial charge in [0.1, 0.15) is 18.2 Å². The molecule has 0 spiro atoms. The number of amides is 2. The zero-order valence-corrected chi connectivity index (χ0v) is 15.7. The number of nitrogens with zero attached hydrogens (tertiary/aromatic N) is 1. The summed E-state index contributed by atoms with van der Waals surface area (Å²) in [6.45, 7) is 1.60. The average Bonchev–Trinajstić information content (AvgIpc) is 2.94. The molecule has 0 saturated heterocycles. The van der Waals surface area contributed by atoms with Crippen LogP contribution in [-0.2, 0) is 16.2 Å². The normalized spacial score (nSPS) is 15.0. The highest BCUT2D eigenvalue weighted by molar-refractivity contribution is 8.18. The van der Waals surface area contributed by atoms with Crippen LogP contribution in [0.15, 0.2) is 52.4 Å². The number of amidine groups is 1. The molecule has 0 bridgehead atoms. The van der Waals surface area contributed by atoms with E-state index in [9.17, 15) is 14.0 Å². The summed E-state index contributed by atoms with van der Waals surface area (Å²) in [5.41, 5.74) is 1.51. The van der Waals surface area contributed by atoms with E-state index in [2.05, 4.69) is 10.3 Å². The van der Waals surface area contributed by atoms with Gasteiger partial charge in [-0.1, -0.05) is 29.8 Å². The molecule has 2 aromatic rings. The third-order valence-corrected chi connectivity index (χ3v) is 4.66. The van der Waals surface area contributed by atoms with Crippen molar-refractivity contribution in [2.24, 2.45) is 4.99 Å². The summed E-state index contributed by atoms with van der Waals surface area (Å²) >= 11 is 7.33. The average molecular weight is 405 g/mol. The Labute approximate surface area is 164 Å². The van der Waals surface area contributed by atoms with Gasteiger partial charge in [-0.2, -0.15) is 4.99 Å². The van der Waals surface area contributed by atoms with Gasteiger partial charge in [-0.3, -0.25) is 9.59 Å². The van der Waals surface area contributed by atoms with Crippen LogP contribution in [0.4, 0.5) is 4.39 Å². The standard InChI is InChI=1S/C19H14ClFN2O3S/c1-11(24)22-19-23-18(25)17(27-19)9-13-4-7-16(15(20)8-13)26-10-12-2-5-14(21)6-3-12/h2-9H,10H2,1H3,(H,22,23,24,25)/b17-9+. The first-order valence-corrected chi connectivity index (χ1v) is 9.07. The molecule has 1 heterocycles. The van der Waals surface area contributed by atoms with Gasteiger partial charge in [0, 0.05) is 6.92 Å². The molecule has 2 amide bonds. The number of aliphatic imine (C=N–C) groups is 1. The number of carbonyl (C=O) groups is 2. The Balaban J connectivity index is 1.67. The summed E-state index contributed by atoms with van der Waals surface area (Å²) in [6, 6.07) is 11.1. The van der Waals surface area contributed by atoms with Crippen LogP contribution in [-0.4, -0.2) is 17.0 Å². The number of benzene rings is 2. The number of nitrogens with one attached hydrogen (secondary N) is 1. The van der Waals surface area contributed by atoms with Gasteiger partial charge in [-0.15, -0.1) is 0 Å². The summed E-state index contributed by atoms with van der Waals surface area (Å²) in [5, 5.41) is 3.12. The molecule has 138 valence electrons. The predicted octanol–water partition coefficient (Wildman–Crippen LogP) is 4.16. The first-order valence-electron chi connectivity index (χ1n) is 7.87. The lowest BCUT2D eigenvalue weighted by molar-refractivity contribution is -0.117. The molecule has 0 saturated carbocycles. The molecular formula is C19H14ClFN2O3S. The first-order chi connectivity index (χ1) is 12.9. The van der Waals surface area contributed by atoms with E-state index in [-0.39, 0.29) is 23.5 Å². The summed E-state index contributed by atoms with van der Waals surface area (Å²) in [6.07, 6.45) is 1.64. The number of hydrogen-bond donors (Lipinski definition) is 1. The molecule has 1 aliphatic heterocycles. The monoisotopic (exact) mass is 404 g/mol. The Kier molecular flexibility index (Phi) is 5.93. The van der Waals surface area contributed by atoms with E-state index in [1.54, 1.807) is 36.4 Å². The van der Waals surface area contributed by atoms with Crippen LogP contribution in [0.25, 0.3) is 6.08 Å². The minimum atomic E-state index is -0.420. The van der Waals surface area contributed by atoms with Crippen LogP contribution in [0, 0.1) is 5.82 Å². The van der Waals surface area contributed by atoms with Gasteiger partial charge in [0.15, 0.2) is 5.17 Å². The maximum atomic E-state index is 12.9. The van der Waals surface area contributed by atoms with E-state index >= 15 is 0 Å². The number of halogens is 2. The number of thioether (sulfide) groups is 1. The second-order valence-corrected chi connectivity index (χ2v) is 7.06. The molecule has 0 aliphatic carbocycles. The summed E-state index contributed by atoms with van der Waals surface area (Å²) in [5.74, 6) is -0.541. The zero-order valence-electron chi connectivity index (χ0n) is 14.2. The zero-order chi connectivity index (χ0) is 19.4. The van der Waals surface area contributed by atoms with E-state index in [0.717, 1.165) is 17.3 Å². The fraction of sp³-hybridized carbons (Fsp3) is 0.105. The van der Waals surface area contributed by atoms with Crippen molar-refractivity contribution >= 4 is 46.4 Å². The van der Waals surface area contributed by atoms with Gasteiger partial charge in [-0.05, 0) is 53.2 Å². The van der Waals surface area contributed by atoms with E-state index in [0.29, 0.717) is 21.2 Å². The molecule has 0 aromatic heterocycles. The van der Waals surface area contributed by atoms with Crippen molar-refractivity contribution in [3.8, 4) is 5.75 Å². The van der Waals surface area contributed by atoms with Crippen LogP contribution in [0.3, 0.4) is 0 Å². The van der Waals surface area contributed by atoms with Crippen molar-refractivity contribution in [3.05, 3.63) is 69.3 Å². The lowest BCUT2D eigenvalue weighted by Crippen LogP contribution is -2.23. The highest BCUT2D eigenvalue weighted by Gasteiger charge is 2.22. The maximum Gasteiger partial charge on any atom is 0.286 e. The lowest BCUT2D eigenvalue weighted by Gasteiger charge is -2.09. The van der Waals surface area contributed by atoms with Gasteiger partial charge >= 0.3 is 0 Å². The number of hydrogen-bond acceptors (Lipinski definition) is 4. The molecule has 0 unspecified atom stereocenters. The highest BCUT2D eigenvalue weighted by atomic mass is 35.5. The van der Waals surface area contributed by atoms with Crippen molar-refractivity contribution < 1.29 is 18.7 Å². The smallest absolute Gasteiger partial charge is 0.286 e. The molecule has 0 fully saturated rings. The third-order valence-electron chi connectivity index (χ3n) is 3.46. The summed E-state index contributed by atoms with van der Waals surface area (Å²) in [7, 11) is 0. The largest absolute Gasteiger partial charge is 0.487 e. The number of ether oxygens (including phenoxy) is 1. The lowest BCUT2D eigenvalue weighted by atomic mass is 10.2.